The summed E-state index contributed by atoms with van der Waals surface area (Å²) >= 11 is 0. The Bertz CT molecular complexity index is 1070. The molecule has 8 heteroatoms. The van der Waals surface area contributed by atoms with Crippen LogP contribution < -0.4 is 15.2 Å². The van der Waals surface area contributed by atoms with Crippen molar-refractivity contribution in [2.45, 2.75) is 32.2 Å². The van der Waals surface area contributed by atoms with E-state index in [4.69, 9.17) is 20.3 Å². The van der Waals surface area contributed by atoms with Gasteiger partial charge in [-0.05, 0) is 50.6 Å². The van der Waals surface area contributed by atoms with Crippen LogP contribution in [0.4, 0.5) is 0 Å². The lowest BCUT2D eigenvalue weighted by atomic mass is 9.96. The monoisotopic (exact) mass is 464 g/mol. The normalized spacial score (nSPS) is 19.1. The molecule has 4 rings (SSSR count). The fourth-order valence-corrected chi connectivity index (χ4v) is 4.63. The second-order valence-corrected chi connectivity index (χ2v) is 8.93. The number of carbonyl (C=O) groups excluding carboxylic acids is 2. The van der Waals surface area contributed by atoms with Gasteiger partial charge in [0.2, 0.25) is 5.91 Å². The molecule has 0 radical (unpaired) electrons. The van der Waals surface area contributed by atoms with Crippen LogP contribution in [0.25, 0.3) is 0 Å². The van der Waals surface area contributed by atoms with Gasteiger partial charge in [-0.3, -0.25) is 14.5 Å². The van der Waals surface area contributed by atoms with Crippen molar-refractivity contribution in [2.75, 3.05) is 33.9 Å². The molecule has 2 heterocycles. The van der Waals surface area contributed by atoms with Crippen molar-refractivity contribution in [3.63, 3.8) is 0 Å². The lowest BCUT2D eigenvalue weighted by Gasteiger charge is -2.31. The number of methoxy groups -OCH3 is 2. The van der Waals surface area contributed by atoms with Gasteiger partial charge >= 0.3 is 0 Å². The quantitative estimate of drug-likeness (QED) is 0.680. The van der Waals surface area contributed by atoms with Gasteiger partial charge in [0.15, 0.2) is 0 Å². The highest BCUT2D eigenvalue weighted by molar-refractivity contribution is 6.05. The van der Waals surface area contributed by atoms with Crippen molar-refractivity contribution in [3.05, 3.63) is 59.2 Å². The van der Waals surface area contributed by atoms with Crippen LogP contribution >= 0.6 is 0 Å². The molecule has 2 aliphatic rings. The summed E-state index contributed by atoms with van der Waals surface area (Å²) in [5, 5.41) is 6.41. The number of rotatable bonds is 7. The highest BCUT2D eigenvalue weighted by atomic mass is 16.5. The van der Waals surface area contributed by atoms with E-state index in [-0.39, 0.29) is 30.3 Å². The summed E-state index contributed by atoms with van der Waals surface area (Å²) in [6.07, 6.45) is 1.95. The van der Waals surface area contributed by atoms with Gasteiger partial charge < -0.3 is 15.2 Å². The number of likely N-dealkylation sites (tertiary alicyclic amines) is 1. The van der Waals surface area contributed by atoms with E-state index in [1.165, 1.54) is 0 Å². The molecule has 1 atom stereocenters. The summed E-state index contributed by atoms with van der Waals surface area (Å²) in [5.74, 6) is 0.925. The molecule has 1 saturated heterocycles. The van der Waals surface area contributed by atoms with E-state index in [0.29, 0.717) is 43.9 Å². The third-order valence-electron chi connectivity index (χ3n) is 6.70. The Hall–Kier alpha value is -3.39. The third-order valence-corrected chi connectivity index (χ3v) is 6.70. The van der Waals surface area contributed by atoms with Crippen molar-refractivity contribution in [1.29, 1.82) is 0 Å². The van der Waals surface area contributed by atoms with E-state index in [1.54, 1.807) is 19.2 Å². The smallest absolute Gasteiger partial charge is 0.257 e. The maximum absolute atomic E-state index is 13.4. The number of hydrogen-bond acceptors (Lipinski definition) is 6. The Labute approximate surface area is 200 Å². The Morgan fingerprint density at radius 3 is 2.38 bits per heavy atom. The molecule has 2 aromatic carbocycles. The van der Waals surface area contributed by atoms with Gasteiger partial charge in [-0.25, -0.2) is 5.01 Å². The first-order chi connectivity index (χ1) is 16.4. The number of piperidine rings is 1. The van der Waals surface area contributed by atoms with E-state index in [9.17, 15) is 9.59 Å². The number of benzene rings is 2. The van der Waals surface area contributed by atoms with Crippen LogP contribution in [0, 0.1) is 12.8 Å². The van der Waals surface area contributed by atoms with E-state index < -0.39 is 0 Å². The summed E-state index contributed by atoms with van der Waals surface area (Å²) in [6, 6.07) is 13.6. The minimum Gasteiger partial charge on any atom is -0.497 e. The zero-order valence-corrected chi connectivity index (χ0v) is 20.0. The number of ether oxygens (including phenoxy) is 2. The zero-order chi connectivity index (χ0) is 24.2. The molecule has 0 bridgehead atoms. The fourth-order valence-electron chi connectivity index (χ4n) is 4.63. The average Bonchev–Trinajstić information content (AvgIpc) is 3.29. The first-order valence-electron chi connectivity index (χ1n) is 11.6. The molecule has 0 aliphatic carbocycles. The van der Waals surface area contributed by atoms with Crippen LogP contribution in [-0.2, 0) is 9.59 Å². The van der Waals surface area contributed by atoms with Crippen LogP contribution in [0.5, 0.6) is 11.5 Å². The molecule has 0 spiro atoms. The molecule has 2 aliphatic heterocycles. The molecule has 0 saturated carbocycles. The van der Waals surface area contributed by atoms with Crippen LogP contribution in [-0.4, -0.2) is 61.3 Å². The molecule has 8 nitrogen and oxygen atoms in total. The van der Waals surface area contributed by atoms with Crippen LogP contribution in [0.15, 0.2) is 47.6 Å². The number of primary amides is 1. The molecule has 2 aromatic rings. The van der Waals surface area contributed by atoms with Gasteiger partial charge in [-0.2, -0.15) is 5.10 Å². The fraction of sp³-hybridized carbons (Fsp3) is 0.423. The van der Waals surface area contributed by atoms with Crippen LogP contribution in [0.2, 0.25) is 0 Å². The average molecular weight is 465 g/mol. The molecular formula is C26H32N4O4. The molecule has 180 valence electrons. The largest absolute Gasteiger partial charge is 0.497 e. The number of amides is 2. The SMILES string of the molecule is COc1ccc(C2=NN(C(=O)CN3CCC(C(N)=O)CC3)C(c3ccc(C)cc3)C2)c(OC)c1. The minimum absolute atomic E-state index is 0.0643. The van der Waals surface area contributed by atoms with Gasteiger partial charge in [-0.1, -0.05) is 29.8 Å². The lowest BCUT2D eigenvalue weighted by Crippen LogP contribution is -2.44. The van der Waals surface area contributed by atoms with E-state index in [1.807, 2.05) is 25.1 Å². The van der Waals surface area contributed by atoms with E-state index in [2.05, 4.69) is 29.2 Å². The first-order valence-corrected chi connectivity index (χ1v) is 11.6. The number of hydrazone groups is 1. The van der Waals surface area contributed by atoms with Gasteiger partial charge in [0, 0.05) is 24.0 Å². The molecule has 34 heavy (non-hydrogen) atoms. The van der Waals surface area contributed by atoms with Gasteiger partial charge in [-0.15, -0.1) is 0 Å². The van der Waals surface area contributed by atoms with Crippen LogP contribution in [0.3, 0.4) is 0 Å². The zero-order valence-electron chi connectivity index (χ0n) is 20.0. The third kappa shape index (κ3) is 5.07. The summed E-state index contributed by atoms with van der Waals surface area (Å²) in [7, 11) is 3.23. The first kappa shape index (κ1) is 23.8. The standard InChI is InChI=1S/C26H32N4O4/c1-17-4-6-18(7-5-17)23-15-22(21-9-8-20(33-2)14-24(21)34-3)28-30(23)25(31)16-29-12-10-19(11-13-29)26(27)32/h4-9,14,19,23H,10-13,15-16H2,1-3H3,(H2,27,32). The topological polar surface area (TPSA) is 97.5 Å². The Morgan fingerprint density at radius 1 is 1.06 bits per heavy atom. The van der Waals surface area contributed by atoms with Crippen molar-refractivity contribution in [3.8, 4) is 11.5 Å². The molecule has 2 amide bonds. The number of nitrogens with two attached hydrogens (primary N) is 1. The van der Waals surface area contributed by atoms with Gasteiger partial charge in [0.25, 0.3) is 5.91 Å². The Kier molecular flexibility index (Phi) is 7.17. The maximum Gasteiger partial charge on any atom is 0.257 e. The predicted molar refractivity (Wildman–Crippen MR) is 130 cm³/mol. The predicted octanol–water partition coefficient (Wildman–Crippen LogP) is 2.89. The van der Waals surface area contributed by atoms with Crippen molar-refractivity contribution in [1.82, 2.24) is 9.91 Å². The number of nitrogens with zero attached hydrogens (tertiary/aromatic N) is 3. The lowest BCUT2D eigenvalue weighted by molar-refractivity contribution is -0.134. The number of aryl methyl sites for hydroxylation is 1. The van der Waals surface area contributed by atoms with E-state index >= 15 is 0 Å². The summed E-state index contributed by atoms with van der Waals surface area (Å²) in [4.78, 5) is 27.0. The second-order valence-electron chi connectivity index (χ2n) is 8.93. The highest BCUT2D eigenvalue weighted by Gasteiger charge is 2.35. The molecular weight excluding hydrogens is 432 g/mol. The van der Waals surface area contributed by atoms with Crippen molar-refractivity contribution >= 4 is 17.5 Å². The van der Waals surface area contributed by atoms with Crippen molar-refractivity contribution < 1.29 is 19.1 Å². The summed E-state index contributed by atoms with van der Waals surface area (Å²) in [6.45, 7) is 3.64. The summed E-state index contributed by atoms with van der Waals surface area (Å²) in [5.41, 5.74) is 9.29. The van der Waals surface area contributed by atoms with E-state index in [0.717, 1.165) is 22.4 Å². The van der Waals surface area contributed by atoms with Gasteiger partial charge in [0.1, 0.15) is 11.5 Å². The highest BCUT2D eigenvalue weighted by Crippen LogP contribution is 2.36. The Morgan fingerprint density at radius 2 is 1.76 bits per heavy atom. The molecule has 1 fully saturated rings. The number of hydrogen-bond donors (Lipinski definition) is 1. The minimum atomic E-state index is -0.257. The Balaban J connectivity index is 1.58. The maximum atomic E-state index is 13.4. The molecule has 2 N–H and O–H groups in total. The van der Waals surface area contributed by atoms with Gasteiger partial charge in [0.05, 0.1) is 32.5 Å². The van der Waals surface area contributed by atoms with Crippen LogP contribution in [0.1, 0.15) is 42.0 Å². The van der Waals surface area contributed by atoms with Crippen molar-refractivity contribution in [2.24, 2.45) is 16.8 Å². The second kappa shape index (κ2) is 10.3. The molecule has 1 unspecified atom stereocenters. The number of carbonyl (C=O) groups is 2. The summed E-state index contributed by atoms with van der Waals surface area (Å²) < 4.78 is 10.9. The molecule has 0 aromatic heterocycles.